The van der Waals surface area contributed by atoms with E-state index >= 15 is 0 Å². The summed E-state index contributed by atoms with van der Waals surface area (Å²) in [7, 11) is 0. The van der Waals surface area contributed by atoms with E-state index in [1.807, 2.05) is 18.2 Å². The van der Waals surface area contributed by atoms with Crippen LogP contribution in [0.5, 0.6) is 11.8 Å². The highest BCUT2D eigenvalue weighted by atomic mass is 35.5. The molecule has 1 fully saturated rings. The molecule has 2 N–H and O–H groups in total. The van der Waals surface area contributed by atoms with Crippen molar-refractivity contribution in [1.29, 1.82) is 0 Å². The van der Waals surface area contributed by atoms with Crippen molar-refractivity contribution < 1.29 is 14.9 Å². The fourth-order valence-electron chi connectivity index (χ4n) is 3.28. The van der Waals surface area contributed by atoms with Gasteiger partial charge in [0.05, 0.1) is 29.9 Å². The van der Waals surface area contributed by atoms with E-state index < -0.39 is 0 Å². The highest BCUT2D eigenvalue weighted by Crippen LogP contribution is 2.57. The number of hydrogen-bond acceptors (Lipinski definition) is 3. The summed E-state index contributed by atoms with van der Waals surface area (Å²) in [6, 6.07) is 7.43. The summed E-state index contributed by atoms with van der Waals surface area (Å²) < 4.78 is 7.23. The molecule has 0 aliphatic carbocycles. The number of ether oxygens (including phenoxy) is 1. The van der Waals surface area contributed by atoms with Crippen molar-refractivity contribution >= 4 is 11.6 Å². The number of fused-ring (bicyclic) bond motifs is 5. The van der Waals surface area contributed by atoms with Gasteiger partial charge < -0.3 is 14.9 Å². The molecule has 0 saturated carbocycles. The molecule has 4 nitrogen and oxygen atoms in total. The second-order valence-corrected chi connectivity index (χ2v) is 5.75. The second-order valence-electron chi connectivity index (χ2n) is 5.34. The zero-order chi connectivity index (χ0) is 13.9. The summed E-state index contributed by atoms with van der Waals surface area (Å²) in [6.45, 7) is 0.351. The van der Waals surface area contributed by atoms with E-state index in [-0.39, 0.29) is 24.0 Å². The predicted octanol–water partition coefficient (Wildman–Crippen LogP) is 3.51. The summed E-state index contributed by atoms with van der Waals surface area (Å²) in [5.74, 6) is 0.203. The molecule has 2 aliphatic heterocycles. The van der Waals surface area contributed by atoms with Gasteiger partial charge in [-0.1, -0.05) is 29.8 Å². The molecule has 2 bridgehead atoms. The SMILES string of the molecule is Oc1c2c(c(O)n1Cc1ccccc1Cl)C1CCC2O1. The average Bonchev–Trinajstić information content (AvgIpc) is 3.10. The van der Waals surface area contributed by atoms with Crippen molar-refractivity contribution in [2.24, 2.45) is 0 Å². The van der Waals surface area contributed by atoms with Crippen LogP contribution in [0.1, 0.15) is 41.7 Å². The van der Waals surface area contributed by atoms with Crippen molar-refractivity contribution in [3.05, 3.63) is 46.0 Å². The van der Waals surface area contributed by atoms with Crippen molar-refractivity contribution in [1.82, 2.24) is 4.57 Å². The van der Waals surface area contributed by atoms with Crippen molar-refractivity contribution in [2.45, 2.75) is 31.6 Å². The van der Waals surface area contributed by atoms with Crippen LogP contribution >= 0.6 is 11.6 Å². The van der Waals surface area contributed by atoms with Gasteiger partial charge >= 0.3 is 0 Å². The third-order valence-corrected chi connectivity index (χ3v) is 4.60. The smallest absolute Gasteiger partial charge is 0.200 e. The van der Waals surface area contributed by atoms with Gasteiger partial charge in [0.25, 0.3) is 0 Å². The van der Waals surface area contributed by atoms with Crippen LogP contribution in [0.3, 0.4) is 0 Å². The Morgan fingerprint density at radius 1 is 1.10 bits per heavy atom. The molecule has 0 amide bonds. The van der Waals surface area contributed by atoms with Crippen LogP contribution in [-0.4, -0.2) is 14.8 Å². The van der Waals surface area contributed by atoms with Crippen LogP contribution in [0.4, 0.5) is 0 Å². The maximum Gasteiger partial charge on any atom is 0.200 e. The molecule has 0 spiro atoms. The Morgan fingerprint density at radius 3 is 2.30 bits per heavy atom. The lowest BCUT2D eigenvalue weighted by Gasteiger charge is -2.11. The first-order valence-corrected chi connectivity index (χ1v) is 7.07. The van der Waals surface area contributed by atoms with Crippen LogP contribution in [0.25, 0.3) is 0 Å². The maximum atomic E-state index is 10.4. The number of halogens is 1. The minimum Gasteiger partial charge on any atom is -0.494 e. The van der Waals surface area contributed by atoms with Gasteiger partial charge in [-0.25, -0.2) is 0 Å². The van der Waals surface area contributed by atoms with E-state index in [1.54, 1.807) is 6.07 Å². The molecule has 20 heavy (non-hydrogen) atoms. The molecule has 104 valence electrons. The van der Waals surface area contributed by atoms with Crippen molar-refractivity contribution in [3.63, 3.8) is 0 Å². The molecule has 1 aromatic carbocycles. The number of benzene rings is 1. The normalized spacial score (nSPS) is 23.2. The van der Waals surface area contributed by atoms with Crippen molar-refractivity contribution in [3.8, 4) is 11.8 Å². The maximum absolute atomic E-state index is 10.4. The van der Waals surface area contributed by atoms with Gasteiger partial charge in [0.1, 0.15) is 0 Å². The second kappa shape index (κ2) is 4.17. The first-order chi connectivity index (χ1) is 9.66. The van der Waals surface area contributed by atoms with Crippen molar-refractivity contribution in [2.75, 3.05) is 0 Å². The van der Waals surface area contributed by atoms with Gasteiger partial charge in [-0.3, -0.25) is 4.57 Å². The van der Waals surface area contributed by atoms with Crippen LogP contribution < -0.4 is 0 Å². The van der Waals surface area contributed by atoms with E-state index in [2.05, 4.69) is 0 Å². The van der Waals surface area contributed by atoms with Gasteiger partial charge in [-0.05, 0) is 24.5 Å². The fourth-order valence-corrected chi connectivity index (χ4v) is 3.47. The average molecular weight is 292 g/mol. The van der Waals surface area contributed by atoms with E-state index in [0.29, 0.717) is 11.6 Å². The zero-order valence-electron chi connectivity index (χ0n) is 10.7. The van der Waals surface area contributed by atoms with Gasteiger partial charge in [-0.2, -0.15) is 0 Å². The quantitative estimate of drug-likeness (QED) is 0.890. The minimum absolute atomic E-state index is 0.0756. The van der Waals surface area contributed by atoms with Gasteiger partial charge in [-0.15, -0.1) is 0 Å². The van der Waals surface area contributed by atoms with E-state index in [9.17, 15) is 10.2 Å². The van der Waals surface area contributed by atoms with Crippen LogP contribution in [0.15, 0.2) is 24.3 Å². The first-order valence-electron chi connectivity index (χ1n) is 6.70. The molecule has 4 rings (SSSR count). The highest BCUT2D eigenvalue weighted by Gasteiger charge is 2.45. The van der Waals surface area contributed by atoms with Gasteiger partial charge in [0.2, 0.25) is 11.8 Å². The summed E-state index contributed by atoms with van der Waals surface area (Å²) >= 11 is 6.14. The number of hydrogen-bond donors (Lipinski definition) is 2. The number of nitrogens with zero attached hydrogens (tertiary/aromatic N) is 1. The molecule has 2 aromatic rings. The molecule has 2 aliphatic rings. The van der Waals surface area contributed by atoms with Crippen LogP contribution in [-0.2, 0) is 11.3 Å². The Kier molecular flexibility index (Phi) is 2.53. The molecule has 1 aromatic heterocycles. The first kappa shape index (κ1) is 12.1. The molecule has 0 radical (unpaired) electrons. The third kappa shape index (κ3) is 1.52. The lowest BCUT2D eigenvalue weighted by molar-refractivity contribution is 0.0679. The Bertz CT molecular complexity index is 661. The Morgan fingerprint density at radius 2 is 1.70 bits per heavy atom. The lowest BCUT2D eigenvalue weighted by atomic mass is 9.95. The standard InChI is InChI=1S/C15H14ClNO3/c16-9-4-2-1-3-8(9)7-17-14(18)12-10-5-6-11(20-10)13(12)15(17)19/h1-4,10-11,18-19H,5-7H2. The third-order valence-electron chi connectivity index (χ3n) is 4.23. The topological polar surface area (TPSA) is 54.6 Å². The minimum atomic E-state index is -0.0756. The van der Waals surface area contributed by atoms with E-state index in [4.69, 9.17) is 16.3 Å². The monoisotopic (exact) mass is 291 g/mol. The molecule has 1 saturated heterocycles. The Labute approximate surface area is 121 Å². The lowest BCUT2D eigenvalue weighted by Crippen LogP contribution is -2.01. The Hall–Kier alpha value is -1.65. The van der Waals surface area contributed by atoms with E-state index in [0.717, 1.165) is 29.5 Å². The molecule has 3 heterocycles. The van der Waals surface area contributed by atoms with Gasteiger partial charge in [0, 0.05) is 5.02 Å². The zero-order valence-corrected chi connectivity index (χ0v) is 11.5. The molecular weight excluding hydrogens is 278 g/mol. The Balaban J connectivity index is 1.79. The summed E-state index contributed by atoms with van der Waals surface area (Å²) in [5.41, 5.74) is 2.37. The van der Waals surface area contributed by atoms with Gasteiger partial charge in [0.15, 0.2) is 0 Å². The van der Waals surface area contributed by atoms with E-state index in [1.165, 1.54) is 4.57 Å². The van der Waals surface area contributed by atoms with Crippen LogP contribution in [0, 0.1) is 0 Å². The number of aromatic nitrogens is 1. The number of rotatable bonds is 2. The fraction of sp³-hybridized carbons (Fsp3) is 0.333. The van der Waals surface area contributed by atoms with Crippen LogP contribution in [0.2, 0.25) is 5.02 Å². The molecular formula is C15H14ClNO3. The number of aromatic hydroxyl groups is 2. The largest absolute Gasteiger partial charge is 0.494 e. The summed E-state index contributed by atoms with van der Waals surface area (Å²) in [6.07, 6.45) is 1.66. The highest BCUT2D eigenvalue weighted by molar-refractivity contribution is 6.31. The molecule has 2 unspecified atom stereocenters. The predicted molar refractivity (Wildman–Crippen MR) is 74.1 cm³/mol. The summed E-state index contributed by atoms with van der Waals surface area (Å²) in [5, 5.41) is 21.4. The molecule has 2 atom stereocenters. The summed E-state index contributed by atoms with van der Waals surface area (Å²) in [4.78, 5) is 0. The molecule has 5 heteroatoms.